The van der Waals surface area contributed by atoms with Gasteiger partial charge in [-0.1, -0.05) is 0 Å². The van der Waals surface area contributed by atoms with Crippen LogP contribution < -0.4 is 10.9 Å². The fourth-order valence-electron chi connectivity index (χ4n) is 1.58. The zero-order valence-electron chi connectivity index (χ0n) is 10.1. The van der Waals surface area contributed by atoms with Crippen LogP contribution in [0.25, 0.3) is 11.0 Å². The molecule has 0 aliphatic rings. The van der Waals surface area contributed by atoms with Crippen molar-refractivity contribution in [3.63, 3.8) is 0 Å². The van der Waals surface area contributed by atoms with Crippen molar-refractivity contribution in [1.82, 2.24) is 5.32 Å². The molecule has 2 N–H and O–H groups in total. The predicted molar refractivity (Wildman–Crippen MR) is 66.5 cm³/mol. The van der Waals surface area contributed by atoms with Crippen molar-refractivity contribution in [3.05, 3.63) is 46.1 Å². The highest BCUT2D eigenvalue weighted by Gasteiger charge is 2.14. The third-order valence-corrected chi connectivity index (χ3v) is 2.50. The van der Waals surface area contributed by atoms with E-state index >= 15 is 0 Å². The van der Waals surface area contributed by atoms with Gasteiger partial charge in [-0.05, 0) is 25.1 Å². The van der Waals surface area contributed by atoms with Crippen molar-refractivity contribution in [2.75, 3.05) is 6.54 Å². The number of aliphatic hydroxyl groups excluding tert-OH is 1. The van der Waals surface area contributed by atoms with Crippen LogP contribution in [0.2, 0.25) is 0 Å². The van der Waals surface area contributed by atoms with Crippen molar-refractivity contribution in [2.24, 2.45) is 0 Å². The number of carbonyl (C=O) groups is 1. The Balaban J connectivity index is 2.39. The van der Waals surface area contributed by atoms with Crippen LogP contribution in [0.4, 0.5) is 4.39 Å². The lowest BCUT2D eigenvalue weighted by atomic mass is 10.1. The first-order chi connectivity index (χ1) is 8.97. The van der Waals surface area contributed by atoms with E-state index in [4.69, 9.17) is 9.52 Å². The van der Waals surface area contributed by atoms with E-state index in [0.717, 1.165) is 6.07 Å². The second-order valence-electron chi connectivity index (χ2n) is 4.19. The maximum Gasteiger partial charge on any atom is 0.349 e. The Hall–Kier alpha value is -2.21. The molecule has 0 bridgehead atoms. The molecule has 1 heterocycles. The minimum absolute atomic E-state index is 0.0275. The minimum atomic E-state index is -0.846. The lowest BCUT2D eigenvalue weighted by Gasteiger charge is -2.06. The molecule has 1 aromatic carbocycles. The summed E-state index contributed by atoms with van der Waals surface area (Å²) in [5.74, 6) is -1.16. The van der Waals surface area contributed by atoms with Crippen LogP contribution in [-0.2, 0) is 0 Å². The highest BCUT2D eigenvalue weighted by molar-refractivity contribution is 5.96. The maximum atomic E-state index is 13.0. The van der Waals surface area contributed by atoms with Gasteiger partial charge in [-0.15, -0.1) is 0 Å². The molecule has 0 radical (unpaired) electrons. The van der Waals surface area contributed by atoms with Crippen LogP contribution >= 0.6 is 0 Å². The lowest BCUT2D eigenvalue weighted by molar-refractivity contribution is 0.0920. The molecule has 1 amide bonds. The number of hydrogen-bond acceptors (Lipinski definition) is 4. The number of amides is 1. The van der Waals surface area contributed by atoms with E-state index in [-0.39, 0.29) is 17.7 Å². The van der Waals surface area contributed by atoms with Gasteiger partial charge in [0.1, 0.15) is 17.0 Å². The molecule has 0 saturated heterocycles. The number of aliphatic hydroxyl groups is 1. The van der Waals surface area contributed by atoms with E-state index in [1.165, 1.54) is 25.1 Å². The summed E-state index contributed by atoms with van der Waals surface area (Å²) in [5, 5.41) is 11.9. The molecule has 0 fully saturated rings. The van der Waals surface area contributed by atoms with Gasteiger partial charge in [0.2, 0.25) is 0 Å². The molecular formula is C13H12FNO4. The van der Waals surface area contributed by atoms with Crippen molar-refractivity contribution in [3.8, 4) is 0 Å². The summed E-state index contributed by atoms with van der Waals surface area (Å²) in [4.78, 5) is 23.3. The van der Waals surface area contributed by atoms with Gasteiger partial charge < -0.3 is 14.8 Å². The smallest absolute Gasteiger partial charge is 0.349 e. The van der Waals surface area contributed by atoms with Gasteiger partial charge in [-0.25, -0.2) is 9.18 Å². The van der Waals surface area contributed by atoms with E-state index < -0.39 is 23.5 Å². The fraction of sp³-hybridized carbons (Fsp3) is 0.231. The van der Waals surface area contributed by atoms with Gasteiger partial charge in [0.05, 0.1) is 6.10 Å². The molecule has 19 heavy (non-hydrogen) atoms. The second kappa shape index (κ2) is 5.19. The Bertz CT molecular complexity index is 678. The highest BCUT2D eigenvalue weighted by Crippen LogP contribution is 2.14. The Morgan fingerprint density at radius 1 is 1.47 bits per heavy atom. The molecule has 6 heteroatoms. The van der Waals surface area contributed by atoms with Gasteiger partial charge in [-0.2, -0.15) is 0 Å². The standard InChI is InChI=1S/C13H12FNO4/c1-7(16)6-15-12(17)10-4-8-2-3-9(14)5-11(8)19-13(10)18/h2-5,7,16H,6H2,1H3,(H,15,17). The number of halogens is 1. The summed E-state index contributed by atoms with van der Waals surface area (Å²) in [5.41, 5.74) is -0.946. The number of carbonyl (C=O) groups excluding carboxylic acids is 1. The van der Waals surface area contributed by atoms with Crippen LogP contribution in [0.1, 0.15) is 17.3 Å². The normalized spacial score (nSPS) is 12.4. The van der Waals surface area contributed by atoms with Gasteiger partial charge in [0.25, 0.3) is 5.91 Å². The third kappa shape index (κ3) is 2.97. The van der Waals surface area contributed by atoms with Crippen LogP contribution in [0.5, 0.6) is 0 Å². The predicted octanol–water partition coefficient (Wildman–Crippen LogP) is 1.04. The molecule has 1 atom stereocenters. The lowest BCUT2D eigenvalue weighted by Crippen LogP contribution is -2.33. The zero-order valence-corrected chi connectivity index (χ0v) is 10.1. The molecule has 5 nitrogen and oxygen atoms in total. The highest BCUT2D eigenvalue weighted by atomic mass is 19.1. The van der Waals surface area contributed by atoms with Crippen molar-refractivity contribution < 1.29 is 18.7 Å². The third-order valence-electron chi connectivity index (χ3n) is 2.50. The minimum Gasteiger partial charge on any atom is -0.422 e. The first kappa shape index (κ1) is 13.2. The summed E-state index contributed by atoms with van der Waals surface area (Å²) >= 11 is 0. The first-order valence-corrected chi connectivity index (χ1v) is 5.67. The number of benzene rings is 1. The largest absolute Gasteiger partial charge is 0.422 e. The summed E-state index contributed by atoms with van der Waals surface area (Å²) in [6.45, 7) is 1.53. The molecule has 0 aliphatic carbocycles. The fourth-order valence-corrected chi connectivity index (χ4v) is 1.58. The molecular weight excluding hydrogens is 253 g/mol. The number of rotatable bonds is 3. The van der Waals surface area contributed by atoms with Gasteiger partial charge in [-0.3, -0.25) is 4.79 Å². The summed E-state index contributed by atoms with van der Waals surface area (Å²) in [7, 11) is 0. The van der Waals surface area contributed by atoms with E-state index in [9.17, 15) is 14.0 Å². The molecule has 1 aromatic heterocycles. The molecule has 2 aromatic rings. The van der Waals surface area contributed by atoms with E-state index in [1.807, 2.05) is 0 Å². The van der Waals surface area contributed by atoms with Crippen molar-refractivity contribution in [1.29, 1.82) is 0 Å². The van der Waals surface area contributed by atoms with Crippen molar-refractivity contribution >= 4 is 16.9 Å². The second-order valence-corrected chi connectivity index (χ2v) is 4.19. The molecule has 2 rings (SSSR count). The molecule has 1 unspecified atom stereocenters. The van der Waals surface area contributed by atoms with Gasteiger partial charge in [0, 0.05) is 18.0 Å². The van der Waals surface area contributed by atoms with E-state index in [1.54, 1.807) is 0 Å². The maximum absolute atomic E-state index is 13.0. The summed E-state index contributed by atoms with van der Waals surface area (Å²) < 4.78 is 17.9. The zero-order chi connectivity index (χ0) is 14.0. The SMILES string of the molecule is CC(O)CNC(=O)c1cc2ccc(F)cc2oc1=O. The average molecular weight is 265 g/mol. The monoisotopic (exact) mass is 265 g/mol. The van der Waals surface area contributed by atoms with Crippen LogP contribution in [0, 0.1) is 5.82 Å². The quantitative estimate of drug-likeness (QED) is 0.813. The molecule has 0 spiro atoms. The Morgan fingerprint density at radius 3 is 2.89 bits per heavy atom. The first-order valence-electron chi connectivity index (χ1n) is 5.67. The van der Waals surface area contributed by atoms with Gasteiger partial charge in [0.15, 0.2) is 0 Å². The molecule has 0 saturated carbocycles. The summed E-state index contributed by atoms with van der Waals surface area (Å²) in [6, 6.07) is 5.03. The van der Waals surface area contributed by atoms with E-state index in [0.29, 0.717) is 5.39 Å². The average Bonchev–Trinajstić information content (AvgIpc) is 2.35. The Kier molecular flexibility index (Phi) is 3.62. The number of hydrogen-bond donors (Lipinski definition) is 2. The Labute approximate surface area is 107 Å². The summed E-state index contributed by atoms with van der Waals surface area (Å²) in [6.07, 6.45) is -0.717. The van der Waals surface area contributed by atoms with Crippen LogP contribution in [0.15, 0.2) is 33.5 Å². The number of fused-ring (bicyclic) bond motifs is 1. The van der Waals surface area contributed by atoms with E-state index in [2.05, 4.69) is 5.32 Å². The van der Waals surface area contributed by atoms with Crippen molar-refractivity contribution in [2.45, 2.75) is 13.0 Å². The number of nitrogens with one attached hydrogen (secondary N) is 1. The van der Waals surface area contributed by atoms with Crippen LogP contribution in [0.3, 0.4) is 0 Å². The molecule has 100 valence electrons. The topological polar surface area (TPSA) is 79.5 Å². The Morgan fingerprint density at radius 2 is 2.21 bits per heavy atom. The van der Waals surface area contributed by atoms with Gasteiger partial charge >= 0.3 is 5.63 Å². The molecule has 0 aliphatic heterocycles. The van der Waals surface area contributed by atoms with Crippen LogP contribution in [-0.4, -0.2) is 23.7 Å².